The monoisotopic (exact) mass is 277 g/mol. The lowest BCUT2D eigenvalue weighted by molar-refractivity contribution is 0.0698. The lowest BCUT2D eigenvalue weighted by atomic mass is 10.1. The van der Waals surface area contributed by atoms with Gasteiger partial charge in [-0.05, 0) is 18.6 Å². The molecule has 1 heterocycles. The summed E-state index contributed by atoms with van der Waals surface area (Å²) in [6, 6.07) is 7.22. The van der Waals surface area contributed by atoms with Crippen LogP contribution in [-0.2, 0) is 16.0 Å². The van der Waals surface area contributed by atoms with E-state index in [9.17, 15) is 9.90 Å². The minimum Gasteiger partial charge on any atom is -0.478 e. The van der Waals surface area contributed by atoms with Crippen molar-refractivity contribution >= 4 is 16.9 Å². The van der Waals surface area contributed by atoms with Crippen molar-refractivity contribution in [2.45, 2.75) is 13.0 Å². The van der Waals surface area contributed by atoms with Crippen molar-refractivity contribution in [3.8, 4) is 0 Å². The summed E-state index contributed by atoms with van der Waals surface area (Å²) in [5, 5.41) is 10.2. The second-order valence-electron chi connectivity index (χ2n) is 4.52. The Morgan fingerprint density at radius 3 is 2.85 bits per heavy atom. The molecule has 1 aromatic carbocycles. The van der Waals surface area contributed by atoms with Crippen molar-refractivity contribution in [2.24, 2.45) is 0 Å². The Morgan fingerprint density at radius 2 is 2.10 bits per heavy atom. The predicted molar refractivity (Wildman–Crippen MR) is 76.2 cm³/mol. The molecule has 0 aliphatic rings. The van der Waals surface area contributed by atoms with E-state index in [1.807, 2.05) is 22.9 Å². The maximum Gasteiger partial charge on any atom is 0.337 e. The molecular formula is C15H19NO4. The van der Waals surface area contributed by atoms with Crippen LogP contribution in [0.5, 0.6) is 0 Å². The van der Waals surface area contributed by atoms with Crippen LogP contribution in [-0.4, -0.2) is 42.6 Å². The van der Waals surface area contributed by atoms with Gasteiger partial charge in [-0.1, -0.05) is 12.1 Å². The van der Waals surface area contributed by atoms with Gasteiger partial charge in [0.1, 0.15) is 0 Å². The number of ether oxygens (including phenoxy) is 2. The van der Waals surface area contributed by atoms with Gasteiger partial charge in [0.05, 0.1) is 17.7 Å². The zero-order valence-corrected chi connectivity index (χ0v) is 11.5. The van der Waals surface area contributed by atoms with Gasteiger partial charge in [0.15, 0.2) is 0 Å². The Labute approximate surface area is 117 Å². The van der Waals surface area contributed by atoms with Crippen LogP contribution in [0.15, 0.2) is 30.5 Å². The molecule has 2 rings (SSSR count). The summed E-state index contributed by atoms with van der Waals surface area (Å²) in [5.74, 6) is -0.906. The lowest BCUT2D eigenvalue weighted by Crippen LogP contribution is -2.09. The van der Waals surface area contributed by atoms with E-state index >= 15 is 0 Å². The van der Waals surface area contributed by atoms with Gasteiger partial charge in [0.2, 0.25) is 0 Å². The first-order chi connectivity index (χ1) is 9.74. The molecule has 0 amide bonds. The molecule has 0 radical (unpaired) electrons. The van der Waals surface area contributed by atoms with E-state index < -0.39 is 5.97 Å². The molecule has 0 aliphatic carbocycles. The van der Waals surface area contributed by atoms with Gasteiger partial charge in [-0.15, -0.1) is 0 Å². The highest BCUT2D eigenvalue weighted by Crippen LogP contribution is 2.20. The van der Waals surface area contributed by atoms with Crippen LogP contribution in [0.4, 0.5) is 0 Å². The van der Waals surface area contributed by atoms with E-state index in [0.717, 1.165) is 17.3 Å². The smallest absolute Gasteiger partial charge is 0.337 e. The van der Waals surface area contributed by atoms with Crippen LogP contribution in [0.3, 0.4) is 0 Å². The lowest BCUT2D eigenvalue weighted by Gasteiger charge is -2.08. The number of nitrogens with zero attached hydrogens (tertiary/aromatic N) is 1. The van der Waals surface area contributed by atoms with Crippen LogP contribution in [0.2, 0.25) is 0 Å². The summed E-state index contributed by atoms with van der Waals surface area (Å²) in [6.45, 7) is 2.54. The number of aromatic carboxylic acids is 1. The fraction of sp³-hybridized carbons (Fsp3) is 0.400. The zero-order chi connectivity index (χ0) is 14.4. The topological polar surface area (TPSA) is 60.7 Å². The first-order valence-corrected chi connectivity index (χ1v) is 6.62. The number of carbonyl (C=O) groups is 1. The van der Waals surface area contributed by atoms with E-state index in [0.29, 0.717) is 31.9 Å². The number of fused-ring (bicyclic) bond motifs is 1. The largest absolute Gasteiger partial charge is 0.478 e. The van der Waals surface area contributed by atoms with Crippen LogP contribution >= 0.6 is 0 Å². The molecule has 0 saturated heterocycles. The zero-order valence-electron chi connectivity index (χ0n) is 11.5. The van der Waals surface area contributed by atoms with Gasteiger partial charge in [0.25, 0.3) is 0 Å². The van der Waals surface area contributed by atoms with Gasteiger partial charge in [-0.3, -0.25) is 0 Å². The Hall–Kier alpha value is -1.85. The summed E-state index contributed by atoms with van der Waals surface area (Å²) >= 11 is 0. The first kappa shape index (κ1) is 14.6. The number of hydrogen-bond acceptors (Lipinski definition) is 3. The molecule has 108 valence electrons. The summed E-state index contributed by atoms with van der Waals surface area (Å²) in [5.41, 5.74) is 1.08. The Morgan fingerprint density at radius 1 is 1.25 bits per heavy atom. The number of rotatable bonds is 8. The molecule has 5 nitrogen and oxygen atoms in total. The maximum atomic E-state index is 11.3. The number of carboxylic acids is 1. The van der Waals surface area contributed by atoms with Gasteiger partial charge in [-0.25, -0.2) is 4.79 Å². The molecule has 1 N–H and O–H groups in total. The molecule has 5 heteroatoms. The average molecular weight is 277 g/mol. The van der Waals surface area contributed by atoms with Crippen molar-refractivity contribution in [3.05, 3.63) is 36.0 Å². The summed E-state index contributed by atoms with van der Waals surface area (Å²) in [6.07, 6.45) is 2.76. The van der Waals surface area contributed by atoms with E-state index in [-0.39, 0.29) is 0 Å². The van der Waals surface area contributed by atoms with Crippen LogP contribution in [0.25, 0.3) is 10.9 Å². The summed E-state index contributed by atoms with van der Waals surface area (Å²) in [4.78, 5) is 11.3. The molecule has 0 unspecified atom stereocenters. The highest BCUT2D eigenvalue weighted by Gasteiger charge is 2.11. The number of carboxylic acid groups (broad SMARTS) is 1. The average Bonchev–Trinajstić information content (AvgIpc) is 2.86. The predicted octanol–water partition coefficient (Wildman–Crippen LogP) is 2.39. The second kappa shape index (κ2) is 7.07. The van der Waals surface area contributed by atoms with Gasteiger partial charge in [0, 0.05) is 38.5 Å². The second-order valence-corrected chi connectivity index (χ2v) is 4.52. The molecular weight excluding hydrogens is 258 g/mol. The third-order valence-corrected chi connectivity index (χ3v) is 3.13. The van der Waals surface area contributed by atoms with Crippen molar-refractivity contribution in [3.63, 3.8) is 0 Å². The Bertz CT molecular complexity index is 576. The SMILES string of the molecule is COCCCOCCn1ccc2cccc(C(=O)O)c21. The van der Waals surface area contributed by atoms with Gasteiger partial charge in [-0.2, -0.15) is 0 Å². The minimum absolute atomic E-state index is 0.326. The highest BCUT2D eigenvalue weighted by molar-refractivity contribution is 6.02. The third-order valence-electron chi connectivity index (χ3n) is 3.13. The number of aromatic nitrogens is 1. The Kier molecular flexibility index (Phi) is 5.15. The molecule has 0 aliphatic heterocycles. The molecule has 0 spiro atoms. The maximum absolute atomic E-state index is 11.3. The van der Waals surface area contributed by atoms with Crippen molar-refractivity contribution < 1.29 is 19.4 Å². The molecule has 20 heavy (non-hydrogen) atoms. The highest BCUT2D eigenvalue weighted by atomic mass is 16.5. The standard InChI is InChI=1S/C15H19NO4/c1-19-9-3-10-20-11-8-16-7-6-12-4-2-5-13(14(12)16)15(17)18/h2,4-7H,3,8-11H2,1H3,(H,17,18). The van der Waals surface area contributed by atoms with Crippen LogP contribution in [0.1, 0.15) is 16.8 Å². The van der Waals surface area contributed by atoms with Gasteiger partial charge < -0.3 is 19.1 Å². The summed E-state index contributed by atoms with van der Waals surface area (Å²) < 4.78 is 12.4. The van der Waals surface area contributed by atoms with Crippen LogP contribution in [0, 0.1) is 0 Å². The van der Waals surface area contributed by atoms with E-state index in [4.69, 9.17) is 9.47 Å². The Balaban J connectivity index is 2.01. The molecule has 0 saturated carbocycles. The fourth-order valence-corrected chi connectivity index (χ4v) is 2.19. The van der Waals surface area contributed by atoms with Crippen molar-refractivity contribution in [2.75, 3.05) is 26.9 Å². The number of benzene rings is 1. The normalized spacial score (nSPS) is 11.1. The first-order valence-electron chi connectivity index (χ1n) is 6.62. The fourth-order valence-electron chi connectivity index (χ4n) is 2.19. The third kappa shape index (κ3) is 3.37. The van der Waals surface area contributed by atoms with Crippen LogP contribution < -0.4 is 0 Å². The summed E-state index contributed by atoms with van der Waals surface area (Å²) in [7, 11) is 1.67. The molecule has 0 bridgehead atoms. The number of methoxy groups -OCH3 is 1. The quantitative estimate of drug-likeness (QED) is 0.753. The molecule has 2 aromatic rings. The van der Waals surface area contributed by atoms with E-state index in [2.05, 4.69) is 0 Å². The van der Waals surface area contributed by atoms with Crippen molar-refractivity contribution in [1.29, 1.82) is 0 Å². The van der Waals surface area contributed by atoms with Crippen molar-refractivity contribution in [1.82, 2.24) is 4.57 Å². The van der Waals surface area contributed by atoms with Gasteiger partial charge >= 0.3 is 5.97 Å². The molecule has 0 fully saturated rings. The minimum atomic E-state index is -0.906. The van der Waals surface area contributed by atoms with E-state index in [1.54, 1.807) is 19.2 Å². The molecule has 0 atom stereocenters. The van der Waals surface area contributed by atoms with E-state index in [1.165, 1.54) is 0 Å². The number of para-hydroxylation sites is 1. The number of hydrogen-bond donors (Lipinski definition) is 1. The molecule has 1 aromatic heterocycles.